The van der Waals surface area contributed by atoms with Crippen molar-refractivity contribution in [1.82, 2.24) is 9.88 Å². The van der Waals surface area contributed by atoms with Crippen molar-refractivity contribution in [2.75, 3.05) is 25.1 Å². The summed E-state index contributed by atoms with van der Waals surface area (Å²) in [7, 11) is 2.26. The maximum Gasteiger partial charge on any atom is 0.209 e. The van der Waals surface area contributed by atoms with Crippen LogP contribution in [0.2, 0.25) is 0 Å². The Morgan fingerprint density at radius 2 is 2.36 bits per heavy atom. The predicted octanol–water partition coefficient (Wildman–Crippen LogP) is 2.97. The van der Waals surface area contributed by atoms with Gasteiger partial charge < -0.3 is 9.88 Å². The summed E-state index contributed by atoms with van der Waals surface area (Å²) < 4.78 is 0. The summed E-state index contributed by atoms with van der Waals surface area (Å²) in [6.07, 6.45) is 6.58. The van der Waals surface area contributed by atoms with Crippen molar-refractivity contribution < 1.29 is 4.79 Å². The molecule has 0 spiro atoms. The number of fused-ring (bicyclic) bond motifs is 2. The Labute approximate surface area is 135 Å². The van der Waals surface area contributed by atoms with Gasteiger partial charge in [0.1, 0.15) is 0 Å². The first-order valence-corrected chi connectivity index (χ1v) is 9.15. The van der Waals surface area contributed by atoms with Crippen LogP contribution in [0.15, 0.2) is 24.4 Å². The van der Waals surface area contributed by atoms with E-state index < -0.39 is 0 Å². The molecule has 22 heavy (non-hydrogen) atoms. The highest BCUT2D eigenvalue weighted by Crippen LogP contribution is 2.44. The third-order valence-corrected chi connectivity index (χ3v) is 6.36. The molecule has 1 unspecified atom stereocenters. The minimum absolute atomic E-state index is 0.506. The summed E-state index contributed by atoms with van der Waals surface area (Å²) >= 11 is 1.72. The van der Waals surface area contributed by atoms with E-state index in [1.165, 1.54) is 28.5 Å². The summed E-state index contributed by atoms with van der Waals surface area (Å²) in [5.41, 5.74) is 4.27. The molecule has 4 rings (SSSR count). The van der Waals surface area contributed by atoms with E-state index in [4.69, 9.17) is 0 Å². The molecule has 1 radical (unpaired) electrons. The molecule has 115 valence electrons. The topological polar surface area (TPSA) is 36.1 Å². The zero-order valence-electron chi connectivity index (χ0n) is 12.8. The van der Waals surface area contributed by atoms with Crippen LogP contribution in [-0.2, 0) is 11.2 Å². The molecule has 0 saturated carbocycles. The molecule has 3 nitrogen and oxygen atoms in total. The summed E-state index contributed by atoms with van der Waals surface area (Å²) in [5, 5.41) is 1.46. The first-order chi connectivity index (χ1) is 10.8. The first kappa shape index (κ1) is 14.3. The van der Waals surface area contributed by atoms with Crippen LogP contribution >= 0.6 is 11.8 Å². The van der Waals surface area contributed by atoms with Gasteiger partial charge in [0.15, 0.2) is 0 Å². The fraction of sp³-hybridized carbons (Fsp3) is 0.500. The van der Waals surface area contributed by atoms with Crippen molar-refractivity contribution in [3.05, 3.63) is 35.5 Å². The van der Waals surface area contributed by atoms with E-state index in [0.29, 0.717) is 23.6 Å². The second-order valence-corrected chi connectivity index (χ2v) is 7.69. The molecule has 1 aliphatic heterocycles. The number of aromatic amines is 1. The lowest BCUT2D eigenvalue weighted by Crippen LogP contribution is -2.48. The monoisotopic (exact) mass is 313 g/mol. The number of likely N-dealkylation sites (tertiary alicyclic amines) is 1. The summed E-state index contributed by atoms with van der Waals surface area (Å²) in [4.78, 5) is 16.4. The van der Waals surface area contributed by atoms with E-state index in [-0.39, 0.29) is 0 Å². The Hall–Kier alpha value is -1.26. The van der Waals surface area contributed by atoms with Crippen molar-refractivity contribution >= 4 is 29.0 Å². The molecule has 2 aliphatic rings. The van der Waals surface area contributed by atoms with Crippen molar-refractivity contribution in [3.8, 4) is 0 Å². The molecular formula is C18H21N2OS. The fourth-order valence-corrected chi connectivity index (χ4v) is 5.22. The summed E-state index contributed by atoms with van der Waals surface area (Å²) in [5.74, 6) is 2.86. The lowest BCUT2D eigenvalue weighted by atomic mass is 9.73. The number of rotatable bonds is 4. The standard InChI is InChI=1S/C18H21N2OS/c1-20-10-12(11-22-6-5-21)7-15-14-3-2-4-16-18(14)13(9-19-16)8-17(15)20/h2-4,9,12,15,17,19H,6-8,10-11H2,1H3/t12?,15-,17-/m1/s1. The van der Waals surface area contributed by atoms with E-state index in [1.54, 1.807) is 11.8 Å². The second-order valence-electron chi connectivity index (χ2n) is 6.66. The van der Waals surface area contributed by atoms with Crippen molar-refractivity contribution in [2.45, 2.75) is 24.8 Å². The van der Waals surface area contributed by atoms with E-state index in [1.807, 2.05) is 6.29 Å². The second kappa shape index (κ2) is 5.74. The van der Waals surface area contributed by atoms with Crippen LogP contribution in [0.25, 0.3) is 10.9 Å². The van der Waals surface area contributed by atoms with Crippen LogP contribution in [0.5, 0.6) is 0 Å². The molecule has 4 heteroatoms. The highest BCUT2D eigenvalue weighted by molar-refractivity contribution is 7.99. The number of aromatic nitrogens is 1. The number of benzene rings is 1. The minimum Gasteiger partial charge on any atom is -0.361 e. The van der Waals surface area contributed by atoms with E-state index in [0.717, 1.165) is 18.7 Å². The van der Waals surface area contributed by atoms with Gasteiger partial charge in [-0.25, -0.2) is 0 Å². The maximum atomic E-state index is 10.4. The average molecular weight is 313 g/mol. The van der Waals surface area contributed by atoms with Crippen LogP contribution < -0.4 is 0 Å². The molecule has 1 fully saturated rings. The number of nitrogens with one attached hydrogen (secondary N) is 1. The largest absolute Gasteiger partial charge is 0.361 e. The molecule has 1 aromatic heterocycles. The lowest BCUT2D eigenvalue weighted by molar-refractivity contribution is 0.121. The molecule has 0 bridgehead atoms. The lowest BCUT2D eigenvalue weighted by Gasteiger charge is -2.45. The van der Waals surface area contributed by atoms with Crippen LogP contribution in [0.4, 0.5) is 0 Å². The third kappa shape index (κ3) is 2.29. The van der Waals surface area contributed by atoms with Gasteiger partial charge in [-0.2, -0.15) is 11.8 Å². The number of thioether (sulfide) groups is 1. The number of hydrogen-bond donors (Lipinski definition) is 1. The van der Waals surface area contributed by atoms with Crippen molar-refractivity contribution in [3.63, 3.8) is 0 Å². The number of carbonyl (C=O) groups excluding carboxylic acids is 1. The number of piperidine rings is 1. The van der Waals surface area contributed by atoms with Crippen molar-refractivity contribution in [2.24, 2.45) is 5.92 Å². The average Bonchev–Trinajstić information content (AvgIpc) is 2.94. The maximum absolute atomic E-state index is 10.4. The Bertz CT molecular complexity index is 695. The summed E-state index contributed by atoms with van der Waals surface area (Å²) in [6, 6.07) is 7.30. The van der Waals surface area contributed by atoms with Crippen LogP contribution in [-0.4, -0.2) is 47.3 Å². The zero-order valence-corrected chi connectivity index (χ0v) is 13.7. The van der Waals surface area contributed by atoms with Gasteiger partial charge >= 0.3 is 0 Å². The summed E-state index contributed by atoms with van der Waals surface area (Å²) in [6.45, 7) is 1.14. The van der Waals surface area contributed by atoms with Gasteiger partial charge in [-0.1, -0.05) is 12.1 Å². The number of H-pyrrole nitrogens is 1. The normalized spacial score (nSPS) is 27.8. The molecule has 2 heterocycles. The molecular weight excluding hydrogens is 292 g/mol. The molecule has 3 atom stereocenters. The predicted molar refractivity (Wildman–Crippen MR) is 92.3 cm³/mol. The SMILES string of the molecule is CN1CC(CSC[C]=O)C[C@@H]2c3cccc4[nH]cc(c34)C[C@H]21. The third-order valence-electron chi connectivity index (χ3n) is 5.33. The van der Waals surface area contributed by atoms with Gasteiger partial charge in [0.25, 0.3) is 0 Å². The molecule has 1 N–H and O–H groups in total. The van der Waals surface area contributed by atoms with E-state index in [2.05, 4.69) is 41.3 Å². The Balaban J connectivity index is 1.65. The number of nitrogens with zero attached hydrogens (tertiary/aromatic N) is 1. The smallest absolute Gasteiger partial charge is 0.209 e. The quantitative estimate of drug-likeness (QED) is 0.882. The molecule has 2 aromatic rings. The number of likely N-dealkylation sites (N-methyl/N-ethyl adjacent to an activating group) is 1. The Kier molecular flexibility index (Phi) is 3.74. The van der Waals surface area contributed by atoms with E-state index in [9.17, 15) is 4.79 Å². The Morgan fingerprint density at radius 3 is 3.23 bits per heavy atom. The van der Waals surface area contributed by atoms with Crippen molar-refractivity contribution in [1.29, 1.82) is 0 Å². The molecule has 1 saturated heterocycles. The minimum atomic E-state index is 0.506. The Morgan fingerprint density at radius 1 is 1.45 bits per heavy atom. The van der Waals surface area contributed by atoms with Gasteiger partial charge in [0.2, 0.25) is 6.29 Å². The van der Waals surface area contributed by atoms with Crippen LogP contribution in [0.1, 0.15) is 23.5 Å². The molecule has 1 aromatic carbocycles. The zero-order chi connectivity index (χ0) is 15.1. The van der Waals surface area contributed by atoms with Gasteiger partial charge in [0.05, 0.1) is 5.75 Å². The van der Waals surface area contributed by atoms with E-state index >= 15 is 0 Å². The fourth-order valence-electron chi connectivity index (χ4n) is 4.44. The van der Waals surface area contributed by atoms with Gasteiger partial charge in [-0.3, -0.25) is 4.79 Å². The number of hydrogen-bond acceptors (Lipinski definition) is 3. The van der Waals surface area contributed by atoms with Crippen LogP contribution in [0, 0.1) is 5.92 Å². The first-order valence-electron chi connectivity index (χ1n) is 7.99. The van der Waals surface area contributed by atoms with Crippen LogP contribution in [0.3, 0.4) is 0 Å². The highest BCUT2D eigenvalue weighted by atomic mass is 32.2. The molecule has 0 amide bonds. The van der Waals surface area contributed by atoms with Gasteiger partial charge in [-0.15, -0.1) is 0 Å². The van der Waals surface area contributed by atoms with Gasteiger partial charge in [-0.05, 0) is 48.8 Å². The van der Waals surface area contributed by atoms with Gasteiger partial charge in [0, 0.05) is 35.6 Å². The highest BCUT2D eigenvalue weighted by Gasteiger charge is 2.39. The molecule has 1 aliphatic carbocycles.